The second kappa shape index (κ2) is 8.65. The van der Waals surface area contributed by atoms with E-state index in [2.05, 4.69) is 13.8 Å². The molecule has 1 heterocycles. The van der Waals surface area contributed by atoms with Gasteiger partial charge in [-0.3, -0.25) is 0 Å². The lowest BCUT2D eigenvalue weighted by atomic mass is 10.1. The molecule has 26 heavy (non-hydrogen) atoms. The molecule has 1 aromatic heterocycles. The maximum absolute atomic E-state index is 9.59. The molecule has 0 radical (unpaired) electrons. The van der Waals surface area contributed by atoms with Gasteiger partial charge in [-0.15, -0.1) is 0 Å². The van der Waals surface area contributed by atoms with Crippen molar-refractivity contribution in [3.63, 3.8) is 0 Å². The summed E-state index contributed by atoms with van der Waals surface area (Å²) in [4.78, 5) is 4.82. The lowest BCUT2D eigenvalue weighted by molar-refractivity contribution is 0.439. The molecule has 1 atom stereocenters. The van der Waals surface area contributed by atoms with E-state index >= 15 is 0 Å². The summed E-state index contributed by atoms with van der Waals surface area (Å²) in [5, 5.41) is 14.4. The van der Waals surface area contributed by atoms with E-state index in [0.717, 1.165) is 29.2 Å². The van der Waals surface area contributed by atoms with Crippen molar-refractivity contribution < 1.29 is 5.11 Å². The topological polar surface area (TPSA) is 50.9 Å². The van der Waals surface area contributed by atoms with Crippen molar-refractivity contribution in [2.75, 3.05) is 0 Å². The minimum Gasteiger partial charge on any atom is -0.508 e. The Kier molecular flexibility index (Phi) is 6.05. The Morgan fingerprint density at radius 3 is 2.35 bits per heavy atom. The van der Waals surface area contributed by atoms with Crippen molar-refractivity contribution in [3.05, 3.63) is 54.6 Å². The number of hydrogen-bond donors (Lipinski definition) is 1. The van der Waals surface area contributed by atoms with Gasteiger partial charge in [0.05, 0.1) is 6.04 Å². The maximum Gasteiger partial charge on any atom is 0.181 e. The highest BCUT2D eigenvalue weighted by Gasteiger charge is 2.17. The Labute approximate surface area is 155 Å². The molecule has 0 bridgehead atoms. The van der Waals surface area contributed by atoms with E-state index in [1.165, 1.54) is 25.7 Å². The first-order valence-corrected chi connectivity index (χ1v) is 9.50. The van der Waals surface area contributed by atoms with Crippen LogP contribution in [0.1, 0.15) is 52.0 Å². The summed E-state index contributed by atoms with van der Waals surface area (Å²) in [6.07, 6.45) is 6.07. The first-order chi connectivity index (χ1) is 12.7. The summed E-state index contributed by atoms with van der Waals surface area (Å²) in [5.74, 6) is 1.86. The van der Waals surface area contributed by atoms with Crippen LogP contribution in [0.25, 0.3) is 22.8 Å². The molecular weight excluding hydrogens is 322 g/mol. The number of phenolic OH excluding ortho intramolecular Hbond substituents is 1. The van der Waals surface area contributed by atoms with E-state index in [1.54, 1.807) is 12.1 Å². The number of nitrogens with zero attached hydrogens (tertiary/aromatic N) is 3. The van der Waals surface area contributed by atoms with Gasteiger partial charge in [-0.2, -0.15) is 5.10 Å². The molecular formula is C22H27N3O. The van der Waals surface area contributed by atoms with Crippen LogP contribution in [0.4, 0.5) is 0 Å². The summed E-state index contributed by atoms with van der Waals surface area (Å²) in [6.45, 7) is 4.44. The van der Waals surface area contributed by atoms with Gasteiger partial charge < -0.3 is 5.11 Å². The Bertz CT molecular complexity index is 809. The van der Waals surface area contributed by atoms with Gasteiger partial charge >= 0.3 is 0 Å². The predicted molar refractivity (Wildman–Crippen MR) is 106 cm³/mol. The number of unbranched alkanes of at least 4 members (excludes halogenated alkanes) is 3. The molecule has 0 saturated heterocycles. The van der Waals surface area contributed by atoms with Crippen LogP contribution in [0.15, 0.2) is 54.6 Å². The highest BCUT2D eigenvalue weighted by molar-refractivity contribution is 5.62. The van der Waals surface area contributed by atoms with E-state index in [9.17, 15) is 5.11 Å². The lowest BCUT2D eigenvalue weighted by Gasteiger charge is -2.14. The molecule has 0 amide bonds. The molecule has 0 aliphatic rings. The monoisotopic (exact) mass is 349 g/mol. The number of aromatic hydroxyl groups is 1. The van der Waals surface area contributed by atoms with Gasteiger partial charge in [0.2, 0.25) is 0 Å². The smallest absolute Gasteiger partial charge is 0.181 e. The standard InChI is InChI=1S/C22H27N3O/c1-3-4-5-7-10-17(2)25-22(19-13-15-20(26)16-14-19)23-21(24-25)18-11-8-6-9-12-18/h6,8-9,11-17,26H,3-5,7,10H2,1-2H3. The molecule has 0 aliphatic heterocycles. The predicted octanol–water partition coefficient (Wildman–Crippen LogP) is 5.85. The summed E-state index contributed by atoms with van der Waals surface area (Å²) in [6, 6.07) is 17.5. The first-order valence-electron chi connectivity index (χ1n) is 9.50. The molecule has 3 aromatic rings. The van der Waals surface area contributed by atoms with E-state index in [-0.39, 0.29) is 11.8 Å². The van der Waals surface area contributed by atoms with Crippen molar-refractivity contribution in [2.45, 2.75) is 52.0 Å². The van der Waals surface area contributed by atoms with Crippen molar-refractivity contribution in [1.29, 1.82) is 0 Å². The van der Waals surface area contributed by atoms with Gasteiger partial charge in [-0.25, -0.2) is 9.67 Å². The highest BCUT2D eigenvalue weighted by Crippen LogP contribution is 2.28. The number of benzene rings is 2. The number of aromatic nitrogens is 3. The van der Waals surface area contributed by atoms with Crippen molar-refractivity contribution in [2.24, 2.45) is 0 Å². The van der Waals surface area contributed by atoms with Crippen LogP contribution in [0, 0.1) is 0 Å². The third kappa shape index (κ3) is 4.31. The van der Waals surface area contributed by atoms with Crippen LogP contribution < -0.4 is 0 Å². The quantitative estimate of drug-likeness (QED) is 0.519. The zero-order valence-corrected chi connectivity index (χ0v) is 15.6. The van der Waals surface area contributed by atoms with Crippen LogP contribution in [-0.2, 0) is 0 Å². The van der Waals surface area contributed by atoms with E-state index in [0.29, 0.717) is 0 Å². The van der Waals surface area contributed by atoms with Gasteiger partial charge in [-0.1, -0.05) is 62.9 Å². The number of rotatable bonds is 8. The summed E-state index contributed by atoms with van der Waals surface area (Å²) in [7, 11) is 0. The van der Waals surface area contributed by atoms with E-state index < -0.39 is 0 Å². The zero-order valence-electron chi connectivity index (χ0n) is 15.6. The Morgan fingerprint density at radius 1 is 0.923 bits per heavy atom. The fourth-order valence-corrected chi connectivity index (χ4v) is 3.14. The molecule has 0 aliphatic carbocycles. The SMILES string of the molecule is CCCCCCC(C)n1nc(-c2ccccc2)nc1-c1ccc(O)cc1. The second-order valence-corrected chi connectivity index (χ2v) is 6.81. The minimum absolute atomic E-state index is 0.260. The third-order valence-corrected chi connectivity index (χ3v) is 4.68. The molecule has 4 nitrogen and oxygen atoms in total. The van der Waals surface area contributed by atoms with Crippen molar-refractivity contribution >= 4 is 0 Å². The van der Waals surface area contributed by atoms with Gasteiger partial charge in [0.15, 0.2) is 11.6 Å². The first kappa shape index (κ1) is 18.2. The van der Waals surface area contributed by atoms with E-state index in [4.69, 9.17) is 10.1 Å². The summed E-state index contributed by atoms with van der Waals surface area (Å²) >= 11 is 0. The van der Waals surface area contributed by atoms with E-state index in [1.807, 2.05) is 47.1 Å². The molecule has 0 fully saturated rings. The molecule has 4 heteroatoms. The average molecular weight is 349 g/mol. The zero-order chi connectivity index (χ0) is 18.4. The van der Waals surface area contributed by atoms with Gasteiger partial charge in [0.25, 0.3) is 0 Å². The fraction of sp³-hybridized carbons (Fsp3) is 0.364. The highest BCUT2D eigenvalue weighted by atomic mass is 16.3. The second-order valence-electron chi connectivity index (χ2n) is 6.81. The maximum atomic E-state index is 9.59. The molecule has 2 aromatic carbocycles. The van der Waals surface area contributed by atoms with Crippen molar-refractivity contribution in [3.8, 4) is 28.5 Å². The van der Waals surface area contributed by atoms with Crippen LogP contribution in [0.5, 0.6) is 5.75 Å². The number of hydrogen-bond acceptors (Lipinski definition) is 3. The van der Waals surface area contributed by atoms with Crippen LogP contribution in [-0.4, -0.2) is 19.9 Å². The number of phenols is 1. The third-order valence-electron chi connectivity index (χ3n) is 4.68. The molecule has 3 rings (SSSR count). The Morgan fingerprint density at radius 2 is 1.65 bits per heavy atom. The van der Waals surface area contributed by atoms with Gasteiger partial charge in [-0.05, 0) is 37.6 Å². The van der Waals surface area contributed by atoms with Crippen LogP contribution >= 0.6 is 0 Å². The Balaban J connectivity index is 1.92. The van der Waals surface area contributed by atoms with Gasteiger partial charge in [0.1, 0.15) is 5.75 Å². The summed E-state index contributed by atoms with van der Waals surface area (Å²) < 4.78 is 2.04. The summed E-state index contributed by atoms with van der Waals surface area (Å²) in [5.41, 5.74) is 1.99. The molecule has 0 spiro atoms. The van der Waals surface area contributed by atoms with Gasteiger partial charge in [0, 0.05) is 11.1 Å². The molecule has 136 valence electrons. The lowest BCUT2D eigenvalue weighted by Crippen LogP contribution is -2.09. The van der Waals surface area contributed by atoms with Crippen LogP contribution in [0.3, 0.4) is 0 Å². The fourth-order valence-electron chi connectivity index (χ4n) is 3.14. The Hall–Kier alpha value is -2.62. The van der Waals surface area contributed by atoms with Crippen LogP contribution in [0.2, 0.25) is 0 Å². The molecule has 0 saturated carbocycles. The minimum atomic E-state index is 0.260. The largest absolute Gasteiger partial charge is 0.508 e. The normalized spacial score (nSPS) is 12.2. The van der Waals surface area contributed by atoms with Crippen molar-refractivity contribution in [1.82, 2.24) is 14.8 Å². The molecule has 1 N–H and O–H groups in total. The average Bonchev–Trinajstić information content (AvgIpc) is 3.12. The molecule has 1 unspecified atom stereocenters.